The highest BCUT2D eigenvalue weighted by Crippen LogP contribution is 2.26. The fourth-order valence-corrected chi connectivity index (χ4v) is 4.46. The number of hydrogen-bond donors (Lipinski definition) is 1. The van der Waals surface area contributed by atoms with E-state index in [1.54, 1.807) is 22.5 Å². The molecule has 5 nitrogen and oxygen atoms in total. The van der Waals surface area contributed by atoms with Crippen LogP contribution in [0, 0.1) is 6.92 Å². The van der Waals surface area contributed by atoms with Crippen LogP contribution in [-0.4, -0.2) is 44.0 Å². The van der Waals surface area contributed by atoms with Crippen LogP contribution in [0.25, 0.3) is 0 Å². The fraction of sp³-hybridized carbons (Fsp3) is 0.625. The van der Waals surface area contributed by atoms with E-state index in [0.717, 1.165) is 11.3 Å². The van der Waals surface area contributed by atoms with Crippen LogP contribution in [0.4, 0.5) is 0 Å². The Kier molecular flexibility index (Phi) is 5.14. The SMILES string of the molecule is Cc1cc(S(=O)(=O)N2CCNC(C)C2C)ccc1OC(C)C. The summed E-state index contributed by atoms with van der Waals surface area (Å²) in [5, 5.41) is 3.30. The molecule has 0 spiro atoms. The van der Waals surface area contributed by atoms with Gasteiger partial charge in [-0.15, -0.1) is 0 Å². The van der Waals surface area contributed by atoms with Gasteiger partial charge in [-0.2, -0.15) is 4.31 Å². The van der Waals surface area contributed by atoms with Crippen molar-refractivity contribution in [1.29, 1.82) is 0 Å². The van der Waals surface area contributed by atoms with Gasteiger partial charge in [-0.1, -0.05) is 0 Å². The second-order valence-corrected chi connectivity index (χ2v) is 8.08. The zero-order chi connectivity index (χ0) is 16.5. The van der Waals surface area contributed by atoms with Crippen molar-refractivity contribution >= 4 is 10.0 Å². The molecule has 2 rings (SSSR count). The van der Waals surface area contributed by atoms with Crippen molar-refractivity contribution in [2.45, 2.75) is 57.7 Å². The zero-order valence-electron chi connectivity index (χ0n) is 14.0. The fourth-order valence-electron chi connectivity index (χ4n) is 2.67. The highest BCUT2D eigenvalue weighted by atomic mass is 32.2. The highest BCUT2D eigenvalue weighted by Gasteiger charge is 2.34. The summed E-state index contributed by atoms with van der Waals surface area (Å²) in [7, 11) is -3.47. The van der Waals surface area contributed by atoms with Gasteiger partial charge in [0.2, 0.25) is 10.0 Å². The lowest BCUT2D eigenvalue weighted by Gasteiger charge is -2.37. The number of benzene rings is 1. The smallest absolute Gasteiger partial charge is 0.243 e. The third-order valence-electron chi connectivity index (χ3n) is 4.09. The van der Waals surface area contributed by atoms with Crippen LogP contribution in [0.3, 0.4) is 0 Å². The molecule has 1 fully saturated rings. The lowest BCUT2D eigenvalue weighted by molar-refractivity contribution is 0.232. The molecule has 0 aliphatic carbocycles. The topological polar surface area (TPSA) is 58.6 Å². The van der Waals surface area contributed by atoms with Crippen molar-refractivity contribution in [1.82, 2.24) is 9.62 Å². The van der Waals surface area contributed by atoms with E-state index in [1.165, 1.54) is 0 Å². The molecule has 0 radical (unpaired) electrons. The van der Waals surface area contributed by atoms with E-state index in [2.05, 4.69) is 5.32 Å². The molecule has 2 unspecified atom stereocenters. The standard InChI is InChI=1S/C16H26N2O3S/c1-11(2)21-16-7-6-15(10-12(16)3)22(19,20)18-9-8-17-13(4)14(18)5/h6-7,10-11,13-14,17H,8-9H2,1-5H3. The second-order valence-electron chi connectivity index (χ2n) is 6.19. The van der Waals surface area contributed by atoms with E-state index >= 15 is 0 Å². The molecule has 1 aromatic carbocycles. The minimum absolute atomic E-state index is 0.0642. The number of piperazine rings is 1. The lowest BCUT2D eigenvalue weighted by atomic mass is 10.1. The minimum Gasteiger partial charge on any atom is -0.491 e. The first-order valence-electron chi connectivity index (χ1n) is 7.76. The molecule has 1 saturated heterocycles. The molecular weight excluding hydrogens is 300 g/mol. The van der Waals surface area contributed by atoms with Crippen LogP contribution >= 0.6 is 0 Å². The number of nitrogens with zero attached hydrogens (tertiary/aromatic N) is 1. The van der Waals surface area contributed by atoms with Crippen LogP contribution < -0.4 is 10.1 Å². The maximum atomic E-state index is 12.9. The Balaban J connectivity index is 2.31. The third kappa shape index (κ3) is 3.45. The van der Waals surface area contributed by atoms with Gasteiger partial charge in [0.25, 0.3) is 0 Å². The molecule has 124 valence electrons. The molecule has 0 amide bonds. The largest absolute Gasteiger partial charge is 0.491 e. The van der Waals surface area contributed by atoms with Gasteiger partial charge in [0.15, 0.2) is 0 Å². The minimum atomic E-state index is -3.47. The number of sulfonamides is 1. The summed E-state index contributed by atoms with van der Waals surface area (Å²) in [6, 6.07) is 5.17. The highest BCUT2D eigenvalue weighted by molar-refractivity contribution is 7.89. The second kappa shape index (κ2) is 6.56. The molecule has 6 heteroatoms. The average molecular weight is 326 g/mol. The molecule has 1 heterocycles. The number of hydrogen-bond acceptors (Lipinski definition) is 4. The van der Waals surface area contributed by atoms with Crippen LogP contribution in [0.15, 0.2) is 23.1 Å². The van der Waals surface area contributed by atoms with Gasteiger partial charge < -0.3 is 10.1 Å². The van der Waals surface area contributed by atoms with Gasteiger partial charge in [0.1, 0.15) is 5.75 Å². The predicted molar refractivity (Wildman–Crippen MR) is 87.8 cm³/mol. The van der Waals surface area contributed by atoms with Crippen molar-refractivity contribution < 1.29 is 13.2 Å². The normalized spacial score (nSPS) is 23.7. The third-order valence-corrected chi connectivity index (χ3v) is 6.07. The average Bonchev–Trinajstić information content (AvgIpc) is 2.43. The van der Waals surface area contributed by atoms with Crippen LogP contribution in [0.5, 0.6) is 5.75 Å². The number of ether oxygens (including phenoxy) is 1. The van der Waals surface area contributed by atoms with Crippen molar-refractivity contribution in [2.24, 2.45) is 0 Å². The molecular formula is C16H26N2O3S. The Morgan fingerprint density at radius 3 is 2.59 bits per heavy atom. The molecule has 0 bridgehead atoms. The maximum absolute atomic E-state index is 12.9. The zero-order valence-corrected chi connectivity index (χ0v) is 14.8. The van der Waals surface area contributed by atoms with E-state index in [4.69, 9.17) is 4.74 Å². The Hall–Kier alpha value is -1.11. The summed E-state index contributed by atoms with van der Waals surface area (Å²) in [4.78, 5) is 0.335. The Morgan fingerprint density at radius 1 is 1.32 bits per heavy atom. The summed E-state index contributed by atoms with van der Waals surface area (Å²) in [5.41, 5.74) is 0.839. The summed E-state index contributed by atoms with van der Waals surface area (Å²) >= 11 is 0. The van der Waals surface area contributed by atoms with Crippen LogP contribution in [0.1, 0.15) is 33.3 Å². The van der Waals surface area contributed by atoms with Gasteiger partial charge in [0, 0.05) is 25.2 Å². The van der Waals surface area contributed by atoms with Crippen molar-refractivity contribution in [3.05, 3.63) is 23.8 Å². The number of aryl methyl sites for hydroxylation is 1. The first-order valence-corrected chi connectivity index (χ1v) is 9.20. The van der Waals surface area contributed by atoms with E-state index in [0.29, 0.717) is 18.0 Å². The first kappa shape index (κ1) is 17.2. The molecule has 0 saturated carbocycles. The van der Waals surface area contributed by atoms with E-state index < -0.39 is 10.0 Å². The summed E-state index contributed by atoms with van der Waals surface area (Å²) < 4.78 is 33.0. The summed E-state index contributed by atoms with van der Waals surface area (Å²) in [6.45, 7) is 10.9. The van der Waals surface area contributed by atoms with Crippen molar-refractivity contribution in [3.8, 4) is 5.75 Å². The molecule has 1 aliphatic rings. The lowest BCUT2D eigenvalue weighted by Crippen LogP contribution is -2.57. The van der Waals surface area contributed by atoms with Crippen LogP contribution in [-0.2, 0) is 10.0 Å². The van der Waals surface area contributed by atoms with E-state index in [-0.39, 0.29) is 18.2 Å². The molecule has 0 aromatic heterocycles. The van der Waals surface area contributed by atoms with Gasteiger partial charge in [0.05, 0.1) is 11.0 Å². The van der Waals surface area contributed by atoms with Gasteiger partial charge >= 0.3 is 0 Å². The van der Waals surface area contributed by atoms with E-state index in [1.807, 2.05) is 34.6 Å². The predicted octanol–water partition coefficient (Wildman–Crippen LogP) is 2.15. The molecule has 22 heavy (non-hydrogen) atoms. The Bertz CT molecular complexity index is 628. The van der Waals surface area contributed by atoms with Crippen molar-refractivity contribution in [3.63, 3.8) is 0 Å². The number of rotatable bonds is 4. The quantitative estimate of drug-likeness (QED) is 0.921. The molecule has 1 aliphatic heterocycles. The number of nitrogens with one attached hydrogen (secondary N) is 1. The van der Waals surface area contributed by atoms with Gasteiger partial charge in [-0.3, -0.25) is 0 Å². The monoisotopic (exact) mass is 326 g/mol. The molecule has 1 N–H and O–H groups in total. The van der Waals surface area contributed by atoms with Gasteiger partial charge in [-0.25, -0.2) is 8.42 Å². The first-order chi connectivity index (χ1) is 10.2. The molecule has 1 aromatic rings. The summed E-state index contributed by atoms with van der Waals surface area (Å²) in [6.07, 6.45) is 0.0650. The summed E-state index contributed by atoms with van der Waals surface area (Å²) in [5.74, 6) is 0.732. The maximum Gasteiger partial charge on any atom is 0.243 e. The Labute approximate surface area is 133 Å². The van der Waals surface area contributed by atoms with Crippen molar-refractivity contribution in [2.75, 3.05) is 13.1 Å². The molecule has 2 atom stereocenters. The van der Waals surface area contributed by atoms with Gasteiger partial charge in [-0.05, 0) is 58.4 Å². The van der Waals surface area contributed by atoms with E-state index in [9.17, 15) is 8.42 Å². The van der Waals surface area contributed by atoms with Crippen LogP contribution in [0.2, 0.25) is 0 Å². The Morgan fingerprint density at radius 2 is 2.00 bits per heavy atom.